The number of benzene rings is 2. The lowest BCUT2D eigenvalue weighted by molar-refractivity contribution is -0.143. The molecule has 0 aliphatic carbocycles. The van der Waals surface area contributed by atoms with E-state index in [2.05, 4.69) is 10.2 Å². The zero-order valence-corrected chi connectivity index (χ0v) is 21.0. The summed E-state index contributed by atoms with van der Waals surface area (Å²) in [5.41, 5.74) is 1.84. The van der Waals surface area contributed by atoms with Crippen LogP contribution in [0.25, 0.3) is 0 Å². The van der Waals surface area contributed by atoms with Crippen molar-refractivity contribution in [1.82, 2.24) is 0 Å². The lowest BCUT2D eigenvalue weighted by Gasteiger charge is -2.42. The van der Waals surface area contributed by atoms with Crippen molar-refractivity contribution in [2.75, 3.05) is 26.4 Å². The highest BCUT2D eigenvalue weighted by atomic mass is 28.4. The Morgan fingerprint density at radius 3 is 1.61 bits per heavy atom. The molecule has 1 unspecified atom stereocenters. The first-order valence-corrected chi connectivity index (χ1v) is 13.1. The molecule has 0 spiro atoms. The molecule has 0 fully saturated rings. The van der Waals surface area contributed by atoms with Gasteiger partial charge in [-0.25, -0.2) is 0 Å². The van der Waals surface area contributed by atoms with Crippen LogP contribution in [0.4, 0.5) is 11.4 Å². The molecule has 0 saturated carbocycles. The van der Waals surface area contributed by atoms with Crippen molar-refractivity contribution in [3.05, 3.63) is 54.1 Å². The molecule has 33 heavy (non-hydrogen) atoms. The Hall–Kier alpha value is -2.59. The second-order valence-corrected chi connectivity index (χ2v) is 9.92. The van der Waals surface area contributed by atoms with Crippen molar-refractivity contribution in [2.45, 2.75) is 46.1 Å². The van der Waals surface area contributed by atoms with Crippen molar-refractivity contribution in [3.8, 4) is 5.75 Å². The molecule has 2 rings (SSSR count). The Bertz CT molecular complexity index is 887. The van der Waals surface area contributed by atoms with Crippen LogP contribution >= 0.6 is 0 Å². The number of ether oxygens (including phenoxy) is 1. The zero-order chi connectivity index (χ0) is 24.3. The third kappa shape index (κ3) is 5.86. The highest BCUT2D eigenvalue weighted by Gasteiger charge is 2.66. The van der Waals surface area contributed by atoms with E-state index in [-0.39, 0.29) is 26.2 Å². The maximum atomic E-state index is 12.7. The fraction of sp³-hybridized carbons (Fsp3) is 0.458. The predicted molar refractivity (Wildman–Crippen MR) is 128 cm³/mol. The number of hydrogen-bond donors (Lipinski definition) is 1. The topological polar surface area (TPSA) is 98.9 Å². The molecular weight excluding hydrogens is 440 g/mol. The summed E-state index contributed by atoms with van der Waals surface area (Å²) in [6.45, 7) is 10.6. The summed E-state index contributed by atoms with van der Waals surface area (Å²) in [7, 11) is -3.65. The number of azo groups is 1. The average Bonchev–Trinajstić information content (AvgIpc) is 2.81. The quantitative estimate of drug-likeness (QED) is 0.274. The van der Waals surface area contributed by atoms with Gasteiger partial charge < -0.3 is 23.1 Å². The monoisotopic (exact) mass is 474 g/mol. The Morgan fingerprint density at radius 1 is 0.788 bits per heavy atom. The lowest BCUT2D eigenvalue weighted by Crippen LogP contribution is -2.66. The third-order valence-electron chi connectivity index (χ3n) is 5.21. The standard InChI is InChI=1S/C24H34N2O6Si/c1-6-24(23(27)28,33(30-8-3,31-9-4)32-10-5)19-11-13-20(14-12-19)25-26-21-15-17-22(18-16-21)29-7-2/h11-18H,6-10H2,1-5H3,(H,27,28). The van der Waals surface area contributed by atoms with Gasteiger partial charge in [-0.05, 0) is 76.1 Å². The zero-order valence-electron chi connectivity index (χ0n) is 20.0. The van der Waals surface area contributed by atoms with E-state index in [0.717, 1.165) is 5.75 Å². The number of aliphatic carboxylic acids is 1. The van der Waals surface area contributed by atoms with Gasteiger partial charge >= 0.3 is 14.8 Å². The molecule has 0 saturated heterocycles. The molecule has 0 radical (unpaired) electrons. The highest BCUT2D eigenvalue weighted by molar-refractivity contribution is 6.68. The number of rotatable bonds is 14. The van der Waals surface area contributed by atoms with E-state index in [1.54, 1.807) is 24.3 Å². The molecule has 180 valence electrons. The van der Waals surface area contributed by atoms with E-state index in [1.807, 2.05) is 58.9 Å². The first-order valence-electron chi connectivity index (χ1n) is 11.3. The van der Waals surface area contributed by atoms with E-state index in [9.17, 15) is 9.90 Å². The minimum atomic E-state index is -3.65. The number of carboxylic acids is 1. The van der Waals surface area contributed by atoms with Gasteiger partial charge in [-0.2, -0.15) is 10.2 Å². The van der Waals surface area contributed by atoms with E-state index in [1.165, 1.54) is 0 Å². The number of hydrogen-bond acceptors (Lipinski definition) is 7. The summed E-state index contributed by atoms with van der Waals surface area (Å²) < 4.78 is 23.4. The maximum Gasteiger partial charge on any atom is 0.523 e. The van der Waals surface area contributed by atoms with Crippen LogP contribution in [0.5, 0.6) is 5.75 Å². The predicted octanol–water partition coefficient (Wildman–Crippen LogP) is 5.82. The summed E-state index contributed by atoms with van der Waals surface area (Å²) in [6.07, 6.45) is 0.252. The van der Waals surface area contributed by atoms with E-state index < -0.39 is 19.8 Å². The molecule has 8 nitrogen and oxygen atoms in total. The lowest BCUT2D eigenvalue weighted by atomic mass is 9.95. The molecule has 1 atom stereocenters. The van der Waals surface area contributed by atoms with Crippen LogP contribution < -0.4 is 4.74 Å². The van der Waals surface area contributed by atoms with Gasteiger partial charge in [0.2, 0.25) is 0 Å². The van der Waals surface area contributed by atoms with Crippen molar-refractivity contribution in [2.24, 2.45) is 10.2 Å². The summed E-state index contributed by atoms with van der Waals surface area (Å²) in [5, 5.41) is 17.5. The van der Waals surface area contributed by atoms with Gasteiger partial charge in [-0.1, -0.05) is 19.1 Å². The number of carbonyl (C=O) groups is 1. The molecule has 0 aliphatic heterocycles. The van der Waals surface area contributed by atoms with Crippen LogP contribution in [-0.4, -0.2) is 46.3 Å². The van der Waals surface area contributed by atoms with Gasteiger partial charge in [-0.3, -0.25) is 4.79 Å². The Labute approximate surface area is 196 Å². The van der Waals surface area contributed by atoms with Crippen LogP contribution in [0, 0.1) is 0 Å². The SMILES string of the molecule is CCOc1ccc(N=Nc2ccc(C(CC)(C(=O)O)[Si](OCC)(OCC)OCC)cc2)cc1. The summed E-state index contributed by atoms with van der Waals surface area (Å²) in [5.74, 6) is -0.258. The molecule has 0 aromatic heterocycles. The fourth-order valence-corrected chi connectivity index (χ4v) is 7.12. The molecule has 2 aromatic rings. The van der Waals surface area contributed by atoms with E-state index >= 15 is 0 Å². The smallest absolute Gasteiger partial charge is 0.494 e. The molecule has 0 aliphatic rings. The minimum absolute atomic E-state index is 0.252. The van der Waals surface area contributed by atoms with Gasteiger partial charge in [0, 0.05) is 19.8 Å². The molecule has 9 heteroatoms. The Balaban J connectivity index is 2.41. The second kappa shape index (κ2) is 12.6. The molecule has 0 amide bonds. The molecule has 0 heterocycles. The van der Waals surface area contributed by atoms with Crippen LogP contribution in [0.1, 0.15) is 46.6 Å². The summed E-state index contributed by atoms with van der Waals surface area (Å²) in [4.78, 5) is 12.7. The Morgan fingerprint density at radius 2 is 1.24 bits per heavy atom. The van der Waals surface area contributed by atoms with Crippen molar-refractivity contribution >= 4 is 26.1 Å². The van der Waals surface area contributed by atoms with Gasteiger partial charge in [0.05, 0.1) is 18.0 Å². The first-order chi connectivity index (χ1) is 15.9. The van der Waals surface area contributed by atoms with Gasteiger partial charge in [-0.15, -0.1) is 0 Å². The molecule has 1 N–H and O–H groups in total. The van der Waals surface area contributed by atoms with E-state index in [0.29, 0.717) is 23.5 Å². The normalized spacial score (nSPS) is 13.7. The van der Waals surface area contributed by atoms with E-state index in [4.69, 9.17) is 18.0 Å². The van der Waals surface area contributed by atoms with Crippen molar-refractivity contribution in [3.63, 3.8) is 0 Å². The third-order valence-corrected chi connectivity index (χ3v) is 9.12. The van der Waals surface area contributed by atoms with Crippen LogP contribution in [0.2, 0.25) is 0 Å². The first kappa shape index (κ1) is 26.7. The highest BCUT2D eigenvalue weighted by Crippen LogP contribution is 2.41. The summed E-state index contributed by atoms with van der Waals surface area (Å²) in [6, 6.07) is 14.3. The van der Waals surface area contributed by atoms with Crippen molar-refractivity contribution < 1.29 is 27.9 Å². The molecule has 2 aromatic carbocycles. The van der Waals surface area contributed by atoms with Crippen LogP contribution in [-0.2, 0) is 23.1 Å². The summed E-state index contributed by atoms with van der Waals surface area (Å²) >= 11 is 0. The number of carboxylic acid groups (broad SMARTS) is 1. The van der Waals surface area contributed by atoms with Gasteiger partial charge in [0.25, 0.3) is 0 Å². The molecular formula is C24H34N2O6Si. The van der Waals surface area contributed by atoms with Crippen LogP contribution in [0.3, 0.4) is 0 Å². The second-order valence-electron chi connectivity index (χ2n) is 7.09. The fourth-order valence-electron chi connectivity index (χ4n) is 3.77. The van der Waals surface area contributed by atoms with Crippen LogP contribution in [0.15, 0.2) is 58.8 Å². The minimum Gasteiger partial charge on any atom is -0.494 e. The largest absolute Gasteiger partial charge is 0.523 e. The maximum absolute atomic E-state index is 12.7. The van der Waals surface area contributed by atoms with Crippen molar-refractivity contribution in [1.29, 1.82) is 0 Å². The molecule has 0 bridgehead atoms. The van der Waals surface area contributed by atoms with Gasteiger partial charge in [0.15, 0.2) is 5.04 Å². The average molecular weight is 475 g/mol. The van der Waals surface area contributed by atoms with Gasteiger partial charge in [0.1, 0.15) is 5.75 Å². The number of nitrogens with zero attached hydrogens (tertiary/aromatic N) is 2. The Kier molecular flexibility index (Phi) is 10.2.